The van der Waals surface area contributed by atoms with Gasteiger partial charge in [0, 0.05) is 85.3 Å². The van der Waals surface area contributed by atoms with Crippen molar-refractivity contribution in [1.82, 2.24) is 44.3 Å². The molecule has 0 amide bonds. The van der Waals surface area contributed by atoms with Crippen molar-refractivity contribution >= 4 is 65.5 Å². The van der Waals surface area contributed by atoms with Crippen molar-refractivity contribution in [3.8, 4) is 74.1 Å². The molecular weight excluding hydrogens is 925 g/mol. The van der Waals surface area contributed by atoms with E-state index in [1.807, 2.05) is 91.3 Å². The van der Waals surface area contributed by atoms with Crippen molar-refractivity contribution < 1.29 is 8.98 Å². The Balaban J connectivity index is 0.833. The first-order chi connectivity index (χ1) is 37.2. The second-order valence-corrected chi connectivity index (χ2v) is 18.5. The van der Waals surface area contributed by atoms with Crippen molar-refractivity contribution in [1.29, 1.82) is 0 Å². The van der Waals surface area contributed by atoms with Gasteiger partial charge in [-0.2, -0.15) is 4.57 Å². The summed E-state index contributed by atoms with van der Waals surface area (Å²) < 4.78 is 13.2. The molecule has 0 bridgehead atoms. The maximum Gasteiger partial charge on any atom is 0.248 e. The molecule has 0 aliphatic rings. The van der Waals surface area contributed by atoms with Crippen molar-refractivity contribution in [2.24, 2.45) is 0 Å². The Hall–Kier alpha value is -10.5. The molecule has 0 radical (unpaired) electrons. The zero-order valence-electron chi connectivity index (χ0n) is 39.9. The SMILES string of the molecule is c1ccc(-c2ccc(-c3nc(-n4c5ccccc5c5ccc(-c6nnc(-c7ccc8c9ccccc9n(-c9c[n+](-c%10ccc(-c%11ccccn%11)cc%10)c%10ccccc%10n9)c8c7)o6)cc54)nc4ccccc34)cc2)nc1. The Morgan fingerprint density at radius 3 is 1.52 bits per heavy atom. The second kappa shape index (κ2) is 17.1. The summed E-state index contributed by atoms with van der Waals surface area (Å²) in [5.74, 6) is 2.11. The van der Waals surface area contributed by atoms with Crippen LogP contribution in [-0.4, -0.2) is 44.3 Å². The fraction of sp³-hybridized carbons (Fsp3) is 0. The van der Waals surface area contributed by atoms with Gasteiger partial charge in [0.2, 0.25) is 40.9 Å². The smallest absolute Gasteiger partial charge is 0.248 e. The van der Waals surface area contributed by atoms with Gasteiger partial charge in [-0.25, -0.2) is 15.0 Å². The Morgan fingerprint density at radius 1 is 0.373 bits per heavy atom. The van der Waals surface area contributed by atoms with Crippen LogP contribution in [0.15, 0.2) is 241 Å². The fourth-order valence-corrected chi connectivity index (χ4v) is 10.6. The van der Waals surface area contributed by atoms with Crippen LogP contribution in [0.25, 0.3) is 140 Å². The molecule has 11 nitrogen and oxygen atoms in total. The van der Waals surface area contributed by atoms with Gasteiger partial charge in [0.1, 0.15) is 5.52 Å². The first-order valence-corrected chi connectivity index (χ1v) is 24.7. The molecule has 0 N–H and O–H groups in total. The summed E-state index contributed by atoms with van der Waals surface area (Å²) in [6, 6.07) is 74.6. The third-order valence-corrected chi connectivity index (χ3v) is 14.1. The van der Waals surface area contributed by atoms with Gasteiger partial charge in [0.05, 0.1) is 44.7 Å². The first-order valence-electron chi connectivity index (χ1n) is 24.7. The topological polar surface area (TPSA) is 117 Å². The molecule has 7 heterocycles. The molecule has 8 aromatic carbocycles. The lowest BCUT2D eigenvalue weighted by molar-refractivity contribution is -0.567. The first kappa shape index (κ1) is 42.2. The molecule has 0 fully saturated rings. The molecule has 0 unspecified atom stereocenters. The predicted molar refractivity (Wildman–Crippen MR) is 296 cm³/mol. The average molecular weight is 964 g/mol. The lowest BCUT2D eigenvalue weighted by Crippen LogP contribution is -2.32. The Labute approximate surface area is 428 Å². The van der Waals surface area contributed by atoms with E-state index in [9.17, 15) is 0 Å². The van der Waals surface area contributed by atoms with E-state index in [4.69, 9.17) is 19.4 Å². The van der Waals surface area contributed by atoms with Crippen LogP contribution >= 0.6 is 0 Å². The summed E-state index contributed by atoms with van der Waals surface area (Å²) in [5.41, 5.74) is 14.9. The summed E-state index contributed by atoms with van der Waals surface area (Å²) in [4.78, 5) is 25.0. The maximum atomic E-state index is 6.64. The van der Waals surface area contributed by atoms with Crippen LogP contribution in [0.5, 0.6) is 0 Å². The lowest BCUT2D eigenvalue weighted by atomic mass is 10.0. The molecule has 0 atom stereocenters. The van der Waals surface area contributed by atoms with E-state index in [1.165, 1.54) is 0 Å². The highest BCUT2D eigenvalue weighted by molar-refractivity contribution is 6.11. The van der Waals surface area contributed by atoms with Crippen LogP contribution in [0.2, 0.25) is 0 Å². The molecule has 0 aliphatic heterocycles. The standard InChI is InChI=1S/C64H39N10O/c1-4-18-53-50(15-1)61(42-25-23-40(24-26-42)51-16-9-11-35-65-51)69-64(68-53)74-56-21-7-3-14-47(56)49-34-30-44(38-59(49)74)63-71-70-62(75-63)43-29-33-48-46-13-2-6-20-55(46)73(58(48)37-43)60-39-72(57-22-8-5-19-54(57)67-60)45-31-27-41(28-32-45)52-17-10-12-36-66-52/h1-39H/q+1. The number of hydrogen-bond acceptors (Lipinski definition) is 8. The quantitative estimate of drug-likeness (QED) is 0.138. The minimum atomic E-state index is 0.392. The second-order valence-electron chi connectivity index (χ2n) is 18.5. The lowest BCUT2D eigenvalue weighted by Gasteiger charge is -2.12. The highest BCUT2D eigenvalue weighted by Crippen LogP contribution is 2.38. The van der Waals surface area contributed by atoms with Gasteiger partial charge in [-0.1, -0.05) is 115 Å². The van der Waals surface area contributed by atoms with E-state index in [0.717, 1.165) is 122 Å². The molecule has 0 spiro atoms. The van der Waals surface area contributed by atoms with Gasteiger partial charge in [-0.05, 0) is 84.9 Å². The van der Waals surface area contributed by atoms with Gasteiger partial charge < -0.3 is 4.42 Å². The molecule has 0 saturated heterocycles. The molecule has 0 saturated carbocycles. The van der Waals surface area contributed by atoms with E-state index < -0.39 is 0 Å². The van der Waals surface area contributed by atoms with Crippen LogP contribution in [0.3, 0.4) is 0 Å². The number of hydrogen-bond donors (Lipinski definition) is 0. The van der Waals surface area contributed by atoms with Crippen LogP contribution in [0, 0.1) is 0 Å². The third-order valence-electron chi connectivity index (χ3n) is 14.1. The van der Waals surface area contributed by atoms with Crippen LogP contribution < -0.4 is 4.57 Å². The van der Waals surface area contributed by atoms with E-state index >= 15 is 0 Å². The zero-order chi connectivity index (χ0) is 49.4. The van der Waals surface area contributed by atoms with Gasteiger partial charge in [0.15, 0.2) is 0 Å². The van der Waals surface area contributed by atoms with Gasteiger partial charge in [-0.3, -0.25) is 19.1 Å². The minimum absolute atomic E-state index is 0.392. The number of para-hydroxylation sites is 5. The third kappa shape index (κ3) is 7.05. The van der Waals surface area contributed by atoms with E-state index in [0.29, 0.717) is 17.7 Å². The normalized spacial score (nSPS) is 11.7. The molecular formula is C64H39N10O+. The van der Waals surface area contributed by atoms with E-state index in [2.05, 4.69) is 180 Å². The van der Waals surface area contributed by atoms with Crippen molar-refractivity contribution in [2.45, 2.75) is 0 Å². The highest BCUT2D eigenvalue weighted by atomic mass is 16.4. The molecule has 15 rings (SSSR count). The Bertz CT molecular complexity index is 4400. The van der Waals surface area contributed by atoms with Crippen LogP contribution in [0.1, 0.15) is 0 Å². The summed E-state index contributed by atoms with van der Waals surface area (Å²) in [6.45, 7) is 0. The average Bonchev–Trinajstić information content (AvgIpc) is 4.27. The summed E-state index contributed by atoms with van der Waals surface area (Å²) in [5, 5.41) is 14.6. The summed E-state index contributed by atoms with van der Waals surface area (Å²) in [6.07, 6.45) is 5.75. The Morgan fingerprint density at radius 2 is 0.880 bits per heavy atom. The molecule has 15 aromatic rings. The predicted octanol–water partition coefficient (Wildman–Crippen LogP) is 14.2. The van der Waals surface area contributed by atoms with Crippen molar-refractivity contribution in [3.05, 3.63) is 237 Å². The van der Waals surface area contributed by atoms with Crippen molar-refractivity contribution in [3.63, 3.8) is 0 Å². The molecule has 7 aromatic heterocycles. The fourth-order valence-electron chi connectivity index (χ4n) is 10.6. The zero-order valence-corrected chi connectivity index (χ0v) is 39.9. The number of fused-ring (bicyclic) bond motifs is 8. The highest BCUT2D eigenvalue weighted by Gasteiger charge is 2.23. The van der Waals surface area contributed by atoms with Gasteiger partial charge in [-0.15, -0.1) is 10.2 Å². The van der Waals surface area contributed by atoms with Crippen molar-refractivity contribution in [2.75, 3.05) is 0 Å². The number of benzene rings is 8. The molecule has 75 heavy (non-hydrogen) atoms. The largest absolute Gasteiger partial charge is 0.416 e. The van der Waals surface area contributed by atoms with Crippen LogP contribution in [-0.2, 0) is 0 Å². The van der Waals surface area contributed by atoms with Crippen LogP contribution in [0.4, 0.5) is 0 Å². The Kier molecular flexibility index (Phi) is 9.60. The van der Waals surface area contributed by atoms with E-state index in [-0.39, 0.29) is 0 Å². The number of nitrogens with zero attached hydrogens (tertiary/aromatic N) is 10. The number of pyridine rings is 2. The monoisotopic (exact) mass is 963 g/mol. The minimum Gasteiger partial charge on any atom is -0.416 e. The molecule has 0 aliphatic carbocycles. The maximum absolute atomic E-state index is 6.64. The number of rotatable bonds is 8. The molecule has 350 valence electrons. The van der Waals surface area contributed by atoms with E-state index in [1.54, 1.807) is 0 Å². The van der Waals surface area contributed by atoms with Gasteiger partial charge >= 0.3 is 0 Å². The molecule has 11 heteroatoms. The number of aromatic nitrogens is 10. The van der Waals surface area contributed by atoms with Gasteiger partial charge in [0.25, 0.3) is 0 Å². The summed E-state index contributed by atoms with van der Waals surface area (Å²) >= 11 is 0. The summed E-state index contributed by atoms with van der Waals surface area (Å²) in [7, 11) is 0.